The average Bonchev–Trinajstić information content (AvgIpc) is 2.90. The first-order valence-electron chi connectivity index (χ1n) is 6.49. The van der Waals surface area contributed by atoms with E-state index in [1.807, 2.05) is 24.3 Å². The van der Waals surface area contributed by atoms with Crippen molar-refractivity contribution in [3.05, 3.63) is 40.6 Å². The summed E-state index contributed by atoms with van der Waals surface area (Å²) in [6.07, 6.45) is 2.95. The van der Waals surface area contributed by atoms with Gasteiger partial charge in [0.1, 0.15) is 0 Å². The van der Waals surface area contributed by atoms with Gasteiger partial charge in [0.15, 0.2) is 5.82 Å². The molecular weight excluding hydrogens is 336 g/mol. The zero-order valence-corrected chi connectivity index (χ0v) is 12.7. The molecule has 0 radical (unpaired) electrons. The number of carbonyl (C=O) groups is 1. The Labute approximate surface area is 129 Å². The number of benzene rings is 1. The molecule has 2 aromatic rings. The molecule has 0 fully saturated rings. The monoisotopic (exact) mass is 348 g/mol. The topological polar surface area (TPSA) is 83.0 Å². The van der Waals surface area contributed by atoms with Crippen LogP contribution < -0.4 is 5.73 Å². The second-order valence-electron chi connectivity index (χ2n) is 4.63. The second-order valence-corrected chi connectivity index (χ2v) is 5.55. The third-order valence-corrected chi connectivity index (χ3v) is 3.66. The molecule has 7 heteroatoms. The number of hydrogen-bond acceptors (Lipinski definition) is 5. The summed E-state index contributed by atoms with van der Waals surface area (Å²) in [5.74, 6) is 0.207. The van der Waals surface area contributed by atoms with Crippen molar-refractivity contribution in [3.8, 4) is 11.4 Å². The zero-order valence-electron chi connectivity index (χ0n) is 11.1. The molecule has 1 aromatic heterocycles. The number of aromatic nitrogens is 3. The minimum absolute atomic E-state index is 0.0735. The van der Waals surface area contributed by atoms with Gasteiger partial charge in [0, 0.05) is 10.0 Å². The first-order chi connectivity index (χ1) is 10.1. The molecule has 0 atom stereocenters. The minimum Gasteiger partial charge on any atom is -0.501 e. The van der Waals surface area contributed by atoms with Crippen molar-refractivity contribution in [1.29, 1.82) is 0 Å². The SMILES string of the molecule is Nc1nc(-c2ccc(Br)cc2)nn1C(=O)C1=COCCC1. The number of carbonyl (C=O) groups excluding carboxylic acids is 1. The molecule has 21 heavy (non-hydrogen) atoms. The van der Waals surface area contributed by atoms with Crippen LogP contribution in [0.2, 0.25) is 0 Å². The van der Waals surface area contributed by atoms with Crippen molar-refractivity contribution in [3.63, 3.8) is 0 Å². The highest BCUT2D eigenvalue weighted by atomic mass is 79.9. The number of halogens is 1. The maximum atomic E-state index is 12.3. The van der Waals surface area contributed by atoms with E-state index in [2.05, 4.69) is 26.0 Å². The van der Waals surface area contributed by atoms with E-state index in [0.717, 1.165) is 21.1 Å². The smallest absolute Gasteiger partial charge is 0.280 e. The standard InChI is InChI=1S/C14H13BrN4O2/c15-11-5-3-9(4-6-11)12-17-14(16)19(18-12)13(20)10-2-1-7-21-8-10/h3-6,8H,1-2,7H2,(H2,16,17,18). The van der Waals surface area contributed by atoms with Crippen LogP contribution in [0.4, 0.5) is 5.95 Å². The van der Waals surface area contributed by atoms with E-state index in [1.54, 1.807) is 0 Å². The van der Waals surface area contributed by atoms with Crippen molar-refractivity contribution in [2.24, 2.45) is 0 Å². The van der Waals surface area contributed by atoms with Crippen molar-refractivity contribution < 1.29 is 9.53 Å². The van der Waals surface area contributed by atoms with Gasteiger partial charge in [-0.25, -0.2) is 0 Å². The highest BCUT2D eigenvalue weighted by Gasteiger charge is 2.20. The summed E-state index contributed by atoms with van der Waals surface area (Å²) < 4.78 is 7.26. The van der Waals surface area contributed by atoms with E-state index >= 15 is 0 Å². The maximum Gasteiger partial charge on any atom is 0.280 e. The van der Waals surface area contributed by atoms with Gasteiger partial charge in [-0.1, -0.05) is 28.1 Å². The van der Waals surface area contributed by atoms with Crippen molar-refractivity contribution >= 4 is 27.8 Å². The molecule has 1 aliphatic rings. The molecule has 0 aliphatic carbocycles. The summed E-state index contributed by atoms with van der Waals surface area (Å²) in [7, 11) is 0. The van der Waals surface area contributed by atoms with Gasteiger partial charge in [0.25, 0.3) is 5.91 Å². The number of nitrogens with zero attached hydrogens (tertiary/aromatic N) is 3. The first-order valence-corrected chi connectivity index (χ1v) is 7.28. The fourth-order valence-electron chi connectivity index (χ4n) is 2.05. The van der Waals surface area contributed by atoms with Gasteiger partial charge in [0.2, 0.25) is 5.95 Å². The molecule has 0 saturated heterocycles. The zero-order chi connectivity index (χ0) is 14.8. The molecule has 0 saturated carbocycles. The second kappa shape index (κ2) is 5.69. The van der Waals surface area contributed by atoms with Gasteiger partial charge in [-0.05, 0) is 25.0 Å². The third-order valence-electron chi connectivity index (χ3n) is 3.14. The summed E-state index contributed by atoms with van der Waals surface area (Å²) in [5, 5.41) is 4.20. The van der Waals surface area contributed by atoms with Crippen LogP contribution in [-0.4, -0.2) is 27.3 Å². The van der Waals surface area contributed by atoms with Gasteiger partial charge >= 0.3 is 0 Å². The van der Waals surface area contributed by atoms with Crippen molar-refractivity contribution in [1.82, 2.24) is 14.8 Å². The first kappa shape index (κ1) is 13.8. The number of rotatable bonds is 2. The highest BCUT2D eigenvalue weighted by molar-refractivity contribution is 9.10. The summed E-state index contributed by atoms with van der Waals surface area (Å²) >= 11 is 3.37. The summed E-state index contributed by atoms with van der Waals surface area (Å²) in [6.45, 7) is 0.633. The van der Waals surface area contributed by atoms with Gasteiger partial charge < -0.3 is 10.5 Å². The highest BCUT2D eigenvalue weighted by Crippen LogP contribution is 2.21. The molecule has 2 N–H and O–H groups in total. The molecule has 0 amide bonds. The summed E-state index contributed by atoms with van der Waals surface area (Å²) in [4.78, 5) is 16.5. The molecule has 1 aromatic carbocycles. The van der Waals surface area contributed by atoms with Gasteiger partial charge in [-0.15, -0.1) is 5.10 Å². The van der Waals surface area contributed by atoms with Crippen molar-refractivity contribution in [2.45, 2.75) is 12.8 Å². The fourth-order valence-corrected chi connectivity index (χ4v) is 2.32. The van der Waals surface area contributed by atoms with Crippen LogP contribution in [0.5, 0.6) is 0 Å². The number of allylic oxidation sites excluding steroid dienone is 1. The quantitative estimate of drug-likeness (QED) is 0.901. The number of anilines is 1. The predicted molar refractivity (Wildman–Crippen MR) is 81.5 cm³/mol. The largest absolute Gasteiger partial charge is 0.501 e. The summed E-state index contributed by atoms with van der Waals surface area (Å²) in [5.41, 5.74) is 7.16. The Morgan fingerprint density at radius 1 is 1.33 bits per heavy atom. The van der Waals surface area contributed by atoms with Gasteiger partial charge in [-0.2, -0.15) is 9.67 Å². The minimum atomic E-state index is -0.289. The van der Waals surface area contributed by atoms with Crippen LogP contribution in [0.25, 0.3) is 11.4 Å². The van der Waals surface area contributed by atoms with Crippen LogP contribution in [0, 0.1) is 0 Å². The van der Waals surface area contributed by atoms with E-state index in [0.29, 0.717) is 24.4 Å². The van der Waals surface area contributed by atoms with Crippen LogP contribution >= 0.6 is 15.9 Å². The Bertz CT molecular complexity index is 706. The molecule has 1 aliphatic heterocycles. The lowest BCUT2D eigenvalue weighted by molar-refractivity contribution is 0.0922. The molecule has 3 rings (SSSR count). The number of nitrogen functional groups attached to an aromatic ring is 1. The molecule has 0 bridgehead atoms. The Hall–Kier alpha value is -2.15. The number of ether oxygens (including phenoxy) is 1. The van der Waals surface area contributed by atoms with Gasteiger partial charge in [-0.3, -0.25) is 4.79 Å². The lowest BCUT2D eigenvalue weighted by atomic mass is 10.1. The maximum absolute atomic E-state index is 12.3. The Balaban J connectivity index is 1.92. The molecule has 6 nitrogen and oxygen atoms in total. The van der Waals surface area contributed by atoms with E-state index in [-0.39, 0.29) is 11.9 Å². The van der Waals surface area contributed by atoms with E-state index < -0.39 is 0 Å². The Kier molecular flexibility index (Phi) is 3.74. The summed E-state index contributed by atoms with van der Waals surface area (Å²) in [6, 6.07) is 7.48. The van der Waals surface area contributed by atoms with E-state index in [1.165, 1.54) is 6.26 Å². The van der Waals surface area contributed by atoms with Crippen molar-refractivity contribution in [2.75, 3.05) is 12.3 Å². The fraction of sp³-hybridized carbons (Fsp3) is 0.214. The molecule has 2 heterocycles. The lowest BCUT2D eigenvalue weighted by Crippen LogP contribution is -2.19. The third kappa shape index (κ3) is 2.82. The molecule has 0 spiro atoms. The molecule has 108 valence electrons. The Morgan fingerprint density at radius 2 is 2.10 bits per heavy atom. The molecule has 0 unspecified atom stereocenters. The van der Waals surface area contributed by atoms with Gasteiger partial charge in [0.05, 0.1) is 18.4 Å². The van der Waals surface area contributed by atoms with E-state index in [9.17, 15) is 4.79 Å². The number of hydrogen-bond donors (Lipinski definition) is 1. The van der Waals surface area contributed by atoms with Crippen LogP contribution in [-0.2, 0) is 4.74 Å². The van der Waals surface area contributed by atoms with Crippen LogP contribution in [0.3, 0.4) is 0 Å². The van der Waals surface area contributed by atoms with Crippen LogP contribution in [0.15, 0.2) is 40.6 Å². The lowest BCUT2D eigenvalue weighted by Gasteiger charge is -2.12. The number of nitrogens with two attached hydrogens (primary N) is 1. The normalized spacial score (nSPS) is 14.4. The Morgan fingerprint density at radius 3 is 2.76 bits per heavy atom. The van der Waals surface area contributed by atoms with E-state index in [4.69, 9.17) is 10.5 Å². The predicted octanol–water partition coefficient (Wildman–Crippen LogP) is 2.62. The average molecular weight is 349 g/mol. The van der Waals surface area contributed by atoms with Crippen LogP contribution in [0.1, 0.15) is 17.6 Å². The molecular formula is C14H13BrN4O2.